The van der Waals surface area contributed by atoms with Crippen molar-refractivity contribution in [3.8, 4) is 44.5 Å². The zero-order valence-corrected chi connectivity index (χ0v) is 37.4. The predicted octanol–water partition coefficient (Wildman–Crippen LogP) is 18.9. The van der Waals surface area contributed by atoms with E-state index in [4.69, 9.17) is 4.42 Å². The van der Waals surface area contributed by atoms with Crippen LogP contribution in [0, 0.1) is 0 Å². The molecule has 0 saturated carbocycles. The molecular formula is C66H45NO. The molecule has 1 heterocycles. The fourth-order valence-electron chi connectivity index (χ4n) is 10.5. The summed E-state index contributed by atoms with van der Waals surface area (Å²) in [4.78, 5) is 2.40. The van der Waals surface area contributed by atoms with Crippen molar-refractivity contribution in [1.82, 2.24) is 0 Å². The monoisotopic (exact) mass is 867 g/mol. The molecule has 13 rings (SSSR count). The average molecular weight is 868 g/mol. The predicted molar refractivity (Wildman–Crippen MR) is 289 cm³/mol. The smallest absolute Gasteiger partial charge is 0.143 e. The third kappa shape index (κ3) is 6.89. The molecule has 2 nitrogen and oxygen atoms in total. The molecule has 1 aliphatic carbocycles. The highest BCUT2D eigenvalue weighted by atomic mass is 16.3. The Kier molecular flexibility index (Phi) is 9.68. The van der Waals surface area contributed by atoms with E-state index in [1.165, 1.54) is 76.8 Å². The van der Waals surface area contributed by atoms with Gasteiger partial charge < -0.3 is 9.32 Å². The van der Waals surface area contributed by atoms with Crippen molar-refractivity contribution in [2.24, 2.45) is 0 Å². The van der Waals surface area contributed by atoms with Gasteiger partial charge in [0.25, 0.3) is 0 Å². The molecule has 2 heteroatoms. The summed E-state index contributed by atoms with van der Waals surface area (Å²) < 4.78 is 6.85. The van der Waals surface area contributed by atoms with Crippen molar-refractivity contribution >= 4 is 76.9 Å². The van der Waals surface area contributed by atoms with Crippen LogP contribution in [-0.4, -0.2) is 0 Å². The van der Waals surface area contributed by atoms with Gasteiger partial charge in [0.2, 0.25) is 0 Å². The highest BCUT2D eigenvalue weighted by Crippen LogP contribution is 2.46. The topological polar surface area (TPSA) is 16.4 Å². The molecular weight excluding hydrogens is 823 g/mol. The third-order valence-electron chi connectivity index (χ3n) is 13.9. The van der Waals surface area contributed by atoms with E-state index in [1.807, 2.05) is 0 Å². The molecule has 1 aliphatic rings. The molecule has 12 aromatic rings. The number of rotatable bonds is 8. The standard InChI is InChI=1S/C66H45NO/c1-3-15-45(16-4-1)56-39-34-51(41-62(56)46-17-5-2-6-18-46)44-29-35-52(36-30-44)67(53-37-31-48(32-38-53)55-24-13-25-57-54-22-10-9-19-47(54)33-40-58(55)57)64-28-12-11-23-59(64)60-26-14-27-61-63-42-49-20-7-8-21-50(49)43-65(63)68-66(60)61/h1,3-5,7-43H,2,6H2. The number of hydrogen-bond acceptors (Lipinski definition) is 2. The Morgan fingerprint density at radius 2 is 0.971 bits per heavy atom. The second-order valence-corrected chi connectivity index (χ2v) is 17.9. The second-order valence-electron chi connectivity index (χ2n) is 17.9. The van der Waals surface area contributed by atoms with E-state index in [1.54, 1.807) is 0 Å². The summed E-state index contributed by atoms with van der Waals surface area (Å²) in [6.07, 6.45) is 9.10. The fraction of sp³-hybridized carbons (Fsp3) is 0.0303. The summed E-state index contributed by atoms with van der Waals surface area (Å²) >= 11 is 0. The summed E-state index contributed by atoms with van der Waals surface area (Å²) in [6, 6.07) is 84.0. The number of benzene rings is 11. The lowest BCUT2D eigenvalue weighted by Gasteiger charge is -2.28. The number of para-hydroxylation sites is 2. The number of nitrogens with zero attached hydrogens (tertiary/aromatic N) is 1. The molecule has 0 radical (unpaired) electrons. The van der Waals surface area contributed by atoms with Crippen LogP contribution in [0.3, 0.4) is 0 Å². The van der Waals surface area contributed by atoms with Gasteiger partial charge in [-0.15, -0.1) is 0 Å². The summed E-state index contributed by atoms with van der Waals surface area (Å²) in [5.41, 5.74) is 16.9. The molecule has 0 amide bonds. The lowest BCUT2D eigenvalue weighted by molar-refractivity contribution is 0.670. The number of hydrogen-bond donors (Lipinski definition) is 0. The van der Waals surface area contributed by atoms with Crippen molar-refractivity contribution in [3.63, 3.8) is 0 Å². The van der Waals surface area contributed by atoms with Crippen molar-refractivity contribution < 1.29 is 4.42 Å². The van der Waals surface area contributed by atoms with Crippen LogP contribution < -0.4 is 4.90 Å². The zero-order chi connectivity index (χ0) is 45.0. The molecule has 1 aromatic heterocycles. The van der Waals surface area contributed by atoms with Gasteiger partial charge in [0, 0.05) is 33.3 Å². The van der Waals surface area contributed by atoms with Crippen molar-refractivity contribution in [1.29, 1.82) is 0 Å². The molecule has 0 bridgehead atoms. The van der Waals surface area contributed by atoms with Gasteiger partial charge in [-0.3, -0.25) is 0 Å². The van der Waals surface area contributed by atoms with E-state index in [2.05, 4.69) is 254 Å². The van der Waals surface area contributed by atoms with Gasteiger partial charge in [-0.1, -0.05) is 200 Å². The Balaban J connectivity index is 0.950. The van der Waals surface area contributed by atoms with Crippen LogP contribution in [0.5, 0.6) is 0 Å². The Morgan fingerprint density at radius 3 is 1.76 bits per heavy atom. The molecule has 0 fully saturated rings. The van der Waals surface area contributed by atoms with Crippen molar-refractivity contribution in [3.05, 3.63) is 254 Å². The third-order valence-corrected chi connectivity index (χ3v) is 13.9. The summed E-state index contributed by atoms with van der Waals surface area (Å²) in [5, 5.41) is 9.64. The minimum absolute atomic E-state index is 0.886. The van der Waals surface area contributed by atoms with E-state index in [0.717, 1.165) is 63.0 Å². The molecule has 0 aliphatic heterocycles. The van der Waals surface area contributed by atoms with Gasteiger partial charge in [0.1, 0.15) is 11.2 Å². The minimum atomic E-state index is 0.886. The van der Waals surface area contributed by atoms with E-state index in [0.29, 0.717) is 0 Å². The SMILES string of the molecule is C1=CC(c2cc(-c3ccc(N(c4ccc(-c5cccc6c5ccc5ccccc56)cc4)c4ccccc4-c4cccc5c4oc4cc6ccccc6cc45)cc3)ccc2-c2ccccc2)=CCC1. The van der Waals surface area contributed by atoms with Crippen LogP contribution in [-0.2, 0) is 0 Å². The van der Waals surface area contributed by atoms with Crippen LogP contribution in [0.4, 0.5) is 17.1 Å². The summed E-state index contributed by atoms with van der Waals surface area (Å²) in [6.45, 7) is 0. The van der Waals surface area contributed by atoms with Crippen LogP contribution in [0.15, 0.2) is 253 Å². The molecule has 11 aromatic carbocycles. The summed E-state index contributed by atoms with van der Waals surface area (Å²) in [7, 11) is 0. The number of fused-ring (bicyclic) bond motifs is 7. The van der Waals surface area contributed by atoms with Crippen LogP contribution >= 0.6 is 0 Å². The van der Waals surface area contributed by atoms with E-state index < -0.39 is 0 Å². The number of anilines is 3. The summed E-state index contributed by atoms with van der Waals surface area (Å²) in [5.74, 6) is 0. The first kappa shape index (κ1) is 39.6. The average Bonchev–Trinajstić information content (AvgIpc) is 3.78. The van der Waals surface area contributed by atoms with Crippen LogP contribution in [0.2, 0.25) is 0 Å². The minimum Gasteiger partial charge on any atom is -0.455 e. The highest BCUT2D eigenvalue weighted by molar-refractivity contribution is 6.15. The number of furan rings is 1. The molecule has 320 valence electrons. The van der Waals surface area contributed by atoms with Gasteiger partial charge in [0.15, 0.2) is 0 Å². The van der Waals surface area contributed by atoms with Crippen LogP contribution in [0.1, 0.15) is 18.4 Å². The first-order valence-electron chi connectivity index (χ1n) is 23.6. The highest BCUT2D eigenvalue weighted by Gasteiger charge is 2.22. The molecule has 0 spiro atoms. The number of allylic oxidation sites excluding steroid dienone is 4. The molecule has 0 unspecified atom stereocenters. The molecule has 0 saturated heterocycles. The first-order valence-corrected chi connectivity index (χ1v) is 23.6. The van der Waals surface area contributed by atoms with Gasteiger partial charge in [0.05, 0.1) is 5.69 Å². The van der Waals surface area contributed by atoms with E-state index in [-0.39, 0.29) is 0 Å². The lowest BCUT2D eigenvalue weighted by atomic mass is 9.89. The van der Waals surface area contributed by atoms with E-state index in [9.17, 15) is 0 Å². The van der Waals surface area contributed by atoms with Gasteiger partial charge in [-0.05, 0) is 138 Å². The van der Waals surface area contributed by atoms with Crippen molar-refractivity contribution in [2.45, 2.75) is 12.8 Å². The fourth-order valence-corrected chi connectivity index (χ4v) is 10.5. The Hall–Kier alpha value is -8.72. The van der Waals surface area contributed by atoms with Gasteiger partial charge in [-0.2, -0.15) is 0 Å². The maximum absolute atomic E-state index is 6.85. The molecule has 68 heavy (non-hydrogen) atoms. The zero-order valence-electron chi connectivity index (χ0n) is 37.4. The first-order chi connectivity index (χ1) is 33.7. The normalized spacial score (nSPS) is 12.6. The quantitative estimate of drug-likeness (QED) is 0.142. The van der Waals surface area contributed by atoms with Gasteiger partial charge in [-0.25, -0.2) is 0 Å². The van der Waals surface area contributed by atoms with Crippen LogP contribution in [0.25, 0.3) is 104 Å². The second kappa shape index (κ2) is 16.6. The van der Waals surface area contributed by atoms with Gasteiger partial charge >= 0.3 is 0 Å². The van der Waals surface area contributed by atoms with Crippen molar-refractivity contribution in [2.75, 3.05) is 4.90 Å². The Bertz CT molecular complexity index is 3950. The molecule has 0 N–H and O–H groups in total. The maximum atomic E-state index is 6.85. The molecule has 0 atom stereocenters. The Morgan fingerprint density at radius 1 is 0.338 bits per heavy atom. The maximum Gasteiger partial charge on any atom is 0.143 e. The largest absolute Gasteiger partial charge is 0.455 e. The Labute approximate surface area is 396 Å². The lowest BCUT2D eigenvalue weighted by Crippen LogP contribution is -2.11. The van der Waals surface area contributed by atoms with E-state index >= 15 is 0 Å².